The van der Waals surface area contributed by atoms with Crippen molar-refractivity contribution in [2.75, 3.05) is 19.6 Å². The van der Waals surface area contributed by atoms with Gasteiger partial charge in [-0.3, -0.25) is 4.79 Å². The summed E-state index contributed by atoms with van der Waals surface area (Å²) < 4.78 is 5.99. The number of carbonyl (C=O) groups excluding carboxylic acids is 1. The van der Waals surface area contributed by atoms with E-state index in [0.717, 1.165) is 46.8 Å². The Kier molecular flexibility index (Phi) is 4.45. The van der Waals surface area contributed by atoms with Crippen molar-refractivity contribution in [3.05, 3.63) is 47.7 Å². The van der Waals surface area contributed by atoms with E-state index in [2.05, 4.69) is 22.8 Å². The lowest BCUT2D eigenvalue weighted by molar-refractivity contribution is 0.0924. The number of rotatable bonds is 4. The first-order valence-electron chi connectivity index (χ1n) is 9.14. The van der Waals surface area contributed by atoms with Gasteiger partial charge in [0.1, 0.15) is 5.58 Å². The summed E-state index contributed by atoms with van der Waals surface area (Å²) in [5.74, 6) is 0.990. The van der Waals surface area contributed by atoms with Crippen LogP contribution >= 0.6 is 0 Å². The maximum absolute atomic E-state index is 12.6. The van der Waals surface area contributed by atoms with Crippen LogP contribution < -0.4 is 10.6 Å². The van der Waals surface area contributed by atoms with Gasteiger partial charge < -0.3 is 15.1 Å². The molecule has 1 aliphatic rings. The number of furan rings is 1. The molecule has 3 aromatic rings. The third-order valence-corrected chi connectivity index (χ3v) is 5.27. The number of carbonyl (C=O) groups is 1. The molecule has 0 radical (unpaired) electrons. The van der Waals surface area contributed by atoms with Crippen LogP contribution in [0.15, 0.2) is 40.8 Å². The molecule has 1 unspecified atom stereocenters. The minimum absolute atomic E-state index is 0.110. The molecule has 130 valence electrons. The second-order valence-corrected chi connectivity index (χ2v) is 6.98. The number of fused-ring (bicyclic) bond motifs is 3. The summed E-state index contributed by atoms with van der Waals surface area (Å²) in [5.41, 5.74) is 1.72. The number of hydrogen-bond donors (Lipinski definition) is 2. The molecule has 4 heteroatoms. The molecular formula is C21H24N2O2. The van der Waals surface area contributed by atoms with E-state index in [1.807, 2.05) is 31.2 Å². The summed E-state index contributed by atoms with van der Waals surface area (Å²) in [6, 6.07) is 12.2. The second kappa shape index (κ2) is 6.89. The Bertz CT molecular complexity index is 907. The first kappa shape index (κ1) is 16.2. The predicted octanol–water partition coefficient (Wildman–Crippen LogP) is 4.01. The van der Waals surface area contributed by atoms with Gasteiger partial charge in [0.2, 0.25) is 0 Å². The van der Waals surface area contributed by atoms with Crippen molar-refractivity contribution in [2.45, 2.75) is 26.2 Å². The highest BCUT2D eigenvalue weighted by atomic mass is 16.3. The Morgan fingerprint density at radius 1 is 1.24 bits per heavy atom. The lowest BCUT2D eigenvalue weighted by Gasteiger charge is -2.22. The topological polar surface area (TPSA) is 54.3 Å². The van der Waals surface area contributed by atoms with Gasteiger partial charge in [-0.15, -0.1) is 0 Å². The van der Waals surface area contributed by atoms with Crippen LogP contribution in [0.5, 0.6) is 0 Å². The van der Waals surface area contributed by atoms with E-state index in [4.69, 9.17) is 4.42 Å². The van der Waals surface area contributed by atoms with Gasteiger partial charge in [-0.1, -0.05) is 36.4 Å². The number of benzene rings is 2. The highest BCUT2D eigenvalue weighted by Crippen LogP contribution is 2.31. The quantitative estimate of drug-likeness (QED) is 0.757. The van der Waals surface area contributed by atoms with Crippen molar-refractivity contribution < 1.29 is 9.21 Å². The van der Waals surface area contributed by atoms with Gasteiger partial charge in [0.15, 0.2) is 5.76 Å². The molecule has 4 rings (SSSR count). The Morgan fingerprint density at radius 2 is 2.12 bits per heavy atom. The van der Waals surface area contributed by atoms with Crippen LogP contribution in [-0.4, -0.2) is 25.5 Å². The third kappa shape index (κ3) is 3.14. The van der Waals surface area contributed by atoms with E-state index < -0.39 is 0 Å². The van der Waals surface area contributed by atoms with Gasteiger partial charge in [-0.2, -0.15) is 0 Å². The smallest absolute Gasteiger partial charge is 0.287 e. The Hall–Kier alpha value is -2.33. The molecule has 4 nitrogen and oxygen atoms in total. The molecular weight excluding hydrogens is 312 g/mol. The van der Waals surface area contributed by atoms with Crippen LogP contribution in [0, 0.1) is 12.8 Å². The van der Waals surface area contributed by atoms with E-state index in [1.165, 1.54) is 12.8 Å². The zero-order valence-corrected chi connectivity index (χ0v) is 14.6. The Labute approximate surface area is 147 Å². The maximum atomic E-state index is 12.6. The standard InChI is InChI=1S/C21H24N2O2/c1-14-17-9-8-16-6-2-3-7-18(16)20(17)25-19(14)21(24)23-12-10-15-5-4-11-22-13-15/h2-3,6-9,15,22H,4-5,10-13H2,1H3,(H,23,24). The van der Waals surface area contributed by atoms with Crippen molar-refractivity contribution in [3.63, 3.8) is 0 Å². The monoisotopic (exact) mass is 336 g/mol. The first-order valence-corrected chi connectivity index (χ1v) is 9.14. The number of aryl methyl sites for hydroxylation is 1. The van der Waals surface area contributed by atoms with Crippen LogP contribution in [0.2, 0.25) is 0 Å². The zero-order valence-electron chi connectivity index (χ0n) is 14.6. The number of nitrogens with one attached hydrogen (secondary N) is 2. The minimum atomic E-state index is -0.110. The molecule has 1 aromatic heterocycles. The van der Waals surface area contributed by atoms with E-state index in [-0.39, 0.29) is 5.91 Å². The van der Waals surface area contributed by atoms with Crippen molar-refractivity contribution >= 4 is 27.6 Å². The zero-order chi connectivity index (χ0) is 17.2. The minimum Gasteiger partial charge on any atom is -0.450 e. The summed E-state index contributed by atoms with van der Waals surface area (Å²) in [4.78, 5) is 12.6. The molecule has 0 saturated carbocycles. The van der Waals surface area contributed by atoms with Gasteiger partial charge in [0.05, 0.1) is 0 Å². The predicted molar refractivity (Wildman–Crippen MR) is 101 cm³/mol. The largest absolute Gasteiger partial charge is 0.450 e. The van der Waals surface area contributed by atoms with E-state index >= 15 is 0 Å². The molecule has 1 aliphatic heterocycles. The number of amides is 1. The van der Waals surface area contributed by atoms with Crippen LogP contribution in [0.4, 0.5) is 0 Å². The lowest BCUT2D eigenvalue weighted by atomic mass is 9.96. The van der Waals surface area contributed by atoms with Crippen molar-refractivity contribution in [1.82, 2.24) is 10.6 Å². The molecule has 2 N–H and O–H groups in total. The van der Waals surface area contributed by atoms with Gasteiger partial charge in [0.25, 0.3) is 5.91 Å². The van der Waals surface area contributed by atoms with E-state index in [0.29, 0.717) is 18.2 Å². The normalized spacial score (nSPS) is 17.9. The van der Waals surface area contributed by atoms with Crippen molar-refractivity contribution in [1.29, 1.82) is 0 Å². The molecule has 0 bridgehead atoms. The summed E-state index contributed by atoms with van der Waals surface area (Å²) >= 11 is 0. The Balaban J connectivity index is 1.53. The molecule has 1 saturated heterocycles. The van der Waals surface area contributed by atoms with Crippen molar-refractivity contribution in [3.8, 4) is 0 Å². The highest BCUT2D eigenvalue weighted by Gasteiger charge is 2.19. The molecule has 0 aliphatic carbocycles. The molecule has 1 fully saturated rings. The first-order chi connectivity index (χ1) is 12.2. The van der Waals surface area contributed by atoms with E-state index in [1.54, 1.807) is 0 Å². The summed E-state index contributed by atoms with van der Waals surface area (Å²) in [6.07, 6.45) is 3.49. The van der Waals surface area contributed by atoms with Crippen LogP contribution in [0.1, 0.15) is 35.4 Å². The second-order valence-electron chi connectivity index (χ2n) is 6.98. The Morgan fingerprint density at radius 3 is 2.96 bits per heavy atom. The van der Waals surface area contributed by atoms with Crippen LogP contribution in [0.25, 0.3) is 21.7 Å². The summed E-state index contributed by atoms with van der Waals surface area (Å²) in [5, 5.41) is 9.64. The third-order valence-electron chi connectivity index (χ3n) is 5.27. The SMILES string of the molecule is Cc1c(C(=O)NCCC2CCCNC2)oc2c1ccc1ccccc12. The van der Waals surface area contributed by atoms with Crippen molar-refractivity contribution in [2.24, 2.45) is 5.92 Å². The fourth-order valence-corrected chi connectivity index (χ4v) is 3.81. The molecule has 1 amide bonds. The van der Waals surface area contributed by atoms with E-state index in [9.17, 15) is 4.79 Å². The molecule has 1 atom stereocenters. The summed E-state index contributed by atoms with van der Waals surface area (Å²) in [6.45, 7) is 4.84. The molecule has 2 aromatic carbocycles. The fraction of sp³-hybridized carbons (Fsp3) is 0.381. The summed E-state index contributed by atoms with van der Waals surface area (Å²) in [7, 11) is 0. The highest BCUT2D eigenvalue weighted by molar-refractivity contribution is 6.08. The average molecular weight is 336 g/mol. The molecule has 2 heterocycles. The van der Waals surface area contributed by atoms with Gasteiger partial charge in [0, 0.05) is 22.9 Å². The lowest BCUT2D eigenvalue weighted by Crippen LogP contribution is -2.33. The van der Waals surface area contributed by atoms with Crippen LogP contribution in [-0.2, 0) is 0 Å². The molecule has 0 spiro atoms. The van der Waals surface area contributed by atoms with Gasteiger partial charge in [-0.25, -0.2) is 0 Å². The average Bonchev–Trinajstić information content (AvgIpc) is 3.00. The van der Waals surface area contributed by atoms with Gasteiger partial charge in [-0.05, 0) is 50.6 Å². The number of hydrogen-bond acceptors (Lipinski definition) is 3. The number of piperidine rings is 1. The van der Waals surface area contributed by atoms with Crippen LogP contribution in [0.3, 0.4) is 0 Å². The maximum Gasteiger partial charge on any atom is 0.287 e. The fourth-order valence-electron chi connectivity index (χ4n) is 3.81. The molecule has 25 heavy (non-hydrogen) atoms. The van der Waals surface area contributed by atoms with Gasteiger partial charge >= 0.3 is 0 Å².